The highest BCUT2D eigenvalue weighted by molar-refractivity contribution is 6.05. The number of imide groups is 1. The van der Waals surface area contributed by atoms with Gasteiger partial charge < -0.3 is 20.4 Å². The second kappa shape index (κ2) is 9.55. The van der Waals surface area contributed by atoms with Crippen molar-refractivity contribution in [1.29, 1.82) is 0 Å². The highest BCUT2D eigenvalue weighted by Crippen LogP contribution is 2.18. The van der Waals surface area contributed by atoms with Crippen LogP contribution in [-0.4, -0.2) is 54.0 Å². The zero-order valence-electron chi connectivity index (χ0n) is 17.9. The van der Waals surface area contributed by atoms with E-state index in [1.807, 2.05) is 54.7 Å². The number of methoxy groups -OCH3 is 1. The van der Waals surface area contributed by atoms with Crippen LogP contribution >= 0.6 is 0 Å². The molecule has 0 saturated carbocycles. The van der Waals surface area contributed by atoms with Gasteiger partial charge in [0.1, 0.15) is 11.8 Å². The number of carbonyl (C=O) groups excluding carboxylic acids is 3. The first-order chi connectivity index (χ1) is 15.5. The Bertz CT molecular complexity index is 1120. The zero-order valence-corrected chi connectivity index (χ0v) is 17.9. The molecule has 1 saturated heterocycles. The first-order valence-corrected chi connectivity index (χ1v) is 10.6. The predicted molar refractivity (Wildman–Crippen MR) is 120 cm³/mol. The average Bonchev–Trinajstić information content (AvgIpc) is 3.33. The van der Waals surface area contributed by atoms with E-state index in [0.29, 0.717) is 19.4 Å². The molecule has 1 fully saturated rings. The second-order valence-corrected chi connectivity index (χ2v) is 7.75. The highest BCUT2D eigenvalue weighted by atomic mass is 16.5. The Morgan fingerprint density at radius 3 is 2.66 bits per heavy atom. The number of urea groups is 1. The summed E-state index contributed by atoms with van der Waals surface area (Å²) in [6.45, 7) is 0.715. The van der Waals surface area contributed by atoms with E-state index in [9.17, 15) is 14.4 Å². The number of para-hydroxylation sites is 1. The number of nitrogens with one attached hydrogen (secondary N) is 3. The van der Waals surface area contributed by atoms with Crippen molar-refractivity contribution in [1.82, 2.24) is 20.5 Å². The lowest BCUT2D eigenvalue weighted by Gasteiger charge is -2.13. The number of hydrogen-bond acceptors (Lipinski definition) is 4. The molecule has 166 valence electrons. The van der Waals surface area contributed by atoms with Crippen LogP contribution < -0.4 is 15.4 Å². The van der Waals surface area contributed by atoms with Crippen molar-refractivity contribution in [3.8, 4) is 5.75 Å². The van der Waals surface area contributed by atoms with Gasteiger partial charge in [-0.2, -0.15) is 0 Å². The lowest BCUT2D eigenvalue weighted by atomic mass is 10.1. The molecule has 1 unspecified atom stereocenters. The van der Waals surface area contributed by atoms with Crippen LogP contribution in [0.2, 0.25) is 0 Å². The molecule has 1 aliphatic rings. The summed E-state index contributed by atoms with van der Waals surface area (Å²) in [6.07, 6.45) is 3.08. The fourth-order valence-corrected chi connectivity index (χ4v) is 3.89. The van der Waals surface area contributed by atoms with Gasteiger partial charge >= 0.3 is 6.03 Å². The monoisotopic (exact) mass is 434 g/mol. The molecule has 0 aliphatic carbocycles. The molecule has 2 aromatic carbocycles. The molecule has 0 radical (unpaired) electrons. The fraction of sp³-hybridized carbons (Fsp3) is 0.292. The quantitative estimate of drug-likeness (QED) is 0.450. The smallest absolute Gasteiger partial charge is 0.324 e. The molecular formula is C24H26N4O4. The highest BCUT2D eigenvalue weighted by Gasteiger charge is 2.38. The summed E-state index contributed by atoms with van der Waals surface area (Å²) in [5.74, 6) is 0.121. The normalized spacial score (nSPS) is 15.8. The zero-order chi connectivity index (χ0) is 22.5. The van der Waals surface area contributed by atoms with Gasteiger partial charge in [0.25, 0.3) is 5.91 Å². The van der Waals surface area contributed by atoms with Gasteiger partial charge in [0.2, 0.25) is 5.91 Å². The number of aromatic nitrogens is 1. The number of aromatic amines is 1. The van der Waals surface area contributed by atoms with Crippen LogP contribution in [0.4, 0.5) is 4.79 Å². The maximum Gasteiger partial charge on any atom is 0.324 e. The van der Waals surface area contributed by atoms with Gasteiger partial charge in [-0.1, -0.05) is 30.3 Å². The Kier molecular flexibility index (Phi) is 6.39. The topological polar surface area (TPSA) is 104 Å². The standard InChI is InChI=1S/C24H26N4O4/c1-32-18-8-6-16(7-9-18)11-13-28-23(30)21(27-24(28)31)14-22(29)25-12-10-17-15-26-20-5-3-2-4-19(17)20/h2-9,15,21,26H,10-14H2,1H3,(H,25,29)(H,27,31). The summed E-state index contributed by atoms with van der Waals surface area (Å²) in [5.41, 5.74) is 3.17. The van der Waals surface area contributed by atoms with Gasteiger partial charge in [-0.05, 0) is 42.2 Å². The van der Waals surface area contributed by atoms with E-state index >= 15 is 0 Å². The molecule has 8 heteroatoms. The Morgan fingerprint density at radius 1 is 1.09 bits per heavy atom. The first-order valence-electron chi connectivity index (χ1n) is 10.6. The Hall–Kier alpha value is -3.81. The van der Waals surface area contributed by atoms with Gasteiger partial charge in [-0.25, -0.2) is 4.79 Å². The molecule has 0 spiro atoms. The summed E-state index contributed by atoms with van der Waals surface area (Å²) in [6, 6.07) is 14.2. The van der Waals surface area contributed by atoms with Crippen LogP contribution in [0.25, 0.3) is 10.9 Å². The molecule has 0 bridgehead atoms. The first kappa shape index (κ1) is 21.4. The lowest BCUT2D eigenvalue weighted by molar-refractivity contribution is -0.130. The molecule has 1 aromatic heterocycles. The van der Waals surface area contributed by atoms with E-state index in [0.717, 1.165) is 27.8 Å². The van der Waals surface area contributed by atoms with Crippen molar-refractivity contribution in [2.45, 2.75) is 25.3 Å². The molecule has 32 heavy (non-hydrogen) atoms. The van der Waals surface area contributed by atoms with Crippen LogP contribution in [0.1, 0.15) is 17.5 Å². The number of H-pyrrole nitrogens is 1. The molecule has 1 atom stereocenters. The van der Waals surface area contributed by atoms with E-state index in [1.54, 1.807) is 7.11 Å². The third-order valence-electron chi connectivity index (χ3n) is 5.67. The van der Waals surface area contributed by atoms with Gasteiger partial charge in [0.05, 0.1) is 13.5 Å². The average molecular weight is 434 g/mol. The number of carbonyl (C=O) groups is 3. The van der Waals surface area contributed by atoms with Crippen LogP contribution in [0.15, 0.2) is 54.7 Å². The third kappa shape index (κ3) is 4.74. The number of hydrogen-bond donors (Lipinski definition) is 3. The van der Waals surface area contributed by atoms with E-state index in [2.05, 4.69) is 15.6 Å². The van der Waals surface area contributed by atoms with Crippen molar-refractivity contribution in [2.24, 2.45) is 0 Å². The van der Waals surface area contributed by atoms with Crippen molar-refractivity contribution in [3.63, 3.8) is 0 Å². The van der Waals surface area contributed by atoms with Crippen LogP contribution in [-0.2, 0) is 22.4 Å². The largest absolute Gasteiger partial charge is 0.497 e. The van der Waals surface area contributed by atoms with Crippen molar-refractivity contribution in [3.05, 3.63) is 65.9 Å². The van der Waals surface area contributed by atoms with Crippen LogP contribution in [0.3, 0.4) is 0 Å². The Balaban J connectivity index is 1.24. The number of benzene rings is 2. The summed E-state index contributed by atoms with van der Waals surface area (Å²) in [4.78, 5) is 41.6. The van der Waals surface area contributed by atoms with E-state index in [-0.39, 0.29) is 24.8 Å². The van der Waals surface area contributed by atoms with Crippen molar-refractivity contribution < 1.29 is 19.1 Å². The van der Waals surface area contributed by atoms with Gasteiger partial charge in [-0.3, -0.25) is 14.5 Å². The summed E-state index contributed by atoms with van der Waals surface area (Å²) < 4.78 is 5.13. The third-order valence-corrected chi connectivity index (χ3v) is 5.67. The SMILES string of the molecule is COc1ccc(CCN2C(=O)NC(CC(=O)NCCc3c[nH]c4ccccc34)C2=O)cc1. The van der Waals surface area contributed by atoms with Crippen molar-refractivity contribution >= 4 is 28.7 Å². The van der Waals surface area contributed by atoms with Gasteiger partial charge in [0.15, 0.2) is 0 Å². The van der Waals surface area contributed by atoms with Gasteiger partial charge in [-0.15, -0.1) is 0 Å². The maximum absolute atomic E-state index is 12.6. The van der Waals surface area contributed by atoms with E-state index in [1.165, 1.54) is 4.90 Å². The van der Waals surface area contributed by atoms with Crippen molar-refractivity contribution in [2.75, 3.05) is 20.2 Å². The molecule has 1 aliphatic heterocycles. The fourth-order valence-electron chi connectivity index (χ4n) is 3.89. The number of nitrogens with zero attached hydrogens (tertiary/aromatic N) is 1. The minimum Gasteiger partial charge on any atom is -0.497 e. The molecule has 3 aromatic rings. The summed E-state index contributed by atoms with van der Waals surface area (Å²) >= 11 is 0. The number of rotatable bonds is 9. The molecule has 4 rings (SSSR count). The van der Waals surface area contributed by atoms with E-state index in [4.69, 9.17) is 4.74 Å². The Morgan fingerprint density at radius 2 is 1.88 bits per heavy atom. The lowest BCUT2D eigenvalue weighted by Crippen LogP contribution is -2.37. The molecule has 3 N–H and O–H groups in total. The summed E-state index contributed by atoms with van der Waals surface area (Å²) in [7, 11) is 1.60. The van der Waals surface area contributed by atoms with E-state index < -0.39 is 12.1 Å². The Labute approximate surface area is 185 Å². The minimum absolute atomic E-state index is 0.0719. The minimum atomic E-state index is -0.827. The number of amides is 4. The van der Waals surface area contributed by atoms with Crippen LogP contribution in [0, 0.1) is 0 Å². The second-order valence-electron chi connectivity index (χ2n) is 7.75. The molecule has 2 heterocycles. The van der Waals surface area contributed by atoms with Crippen LogP contribution in [0.5, 0.6) is 5.75 Å². The number of fused-ring (bicyclic) bond motifs is 1. The molecular weight excluding hydrogens is 408 g/mol. The maximum atomic E-state index is 12.6. The molecule has 4 amide bonds. The summed E-state index contributed by atoms with van der Waals surface area (Å²) in [5, 5.41) is 6.60. The predicted octanol–water partition coefficient (Wildman–Crippen LogP) is 2.39. The molecule has 8 nitrogen and oxygen atoms in total. The number of ether oxygens (including phenoxy) is 1. The van der Waals surface area contributed by atoms with Gasteiger partial charge in [0, 0.05) is 30.2 Å².